The zero-order valence-electron chi connectivity index (χ0n) is 11.7. The lowest BCUT2D eigenvalue weighted by atomic mass is 10.2. The molecule has 0 aliphatic carbocycles. The number of hydrogen-bond donors (Lipinski definition) is 0. The lowest BCUT2D eigenvalue weighted by Gasteiger charge is -2.35. The third kappa shape index (κ3) is 3.01. The normalized spacial score (nSPS) is 15.0. The zero-order valence-corrected chi connectivity index (χ0v) is 13.3. The molecule has 3 heterocycles. The molecular formula is C14H14BrN5O2. The van der Waals surface area contributed by atoms with Gasteiger partial charge in [-0.1, -0.05) is 6.07 Å². The number of aromatic nitrogens is 2. The number of nitrogens with zero attached hydrogens (tertiary/aromatic N) is 5. The second-order valence-electron chi connectivity index (χ2n) is 4.92. The predicted octanol–water partition coefficient (Wildman–Crippen LogP) is 2.47. The number of halogens is 1. The van der Waals surface area contributed by atoms with Crippen LogP contribution in [0.2, 0.25) is 0 Å². The van der Waals surface area contributed by atoms with Gasteiger partial charge in [0.25, 0.3) is 0 Å². The van der Waals surface area contributed by atoms with Crippen molar-refractivity contribution in [2.24, 2.45) is 0 Å². The summed E-state index contributed by atoms with van der Waals surface area (Å²) < 4.78 is 0.607. The molecule has 1 saturated heterocycles. The lowest BCUT2D eigenvalue weighted by Crippen LogP contribution is -2.47. The molecule has 7 nitrogen and oxygen atoms in total. The molecule has 3 rings (SSSR count). The van der Waals surface area contributed by atoms with Crippen molar-refractivity contribution in [2.45, 2.75) is 0 Å². The number of hydrogen-bond acceptors (Lipinski definition) is 6. The minimum Gasteiger partial charge on any atom is -0.353 e. The van der Waals surface area contributed by atoms with E-state index in [9.17, 15) is 10.1 Å². The Morgan fingerprint density at radius 1 is 1.14 bits per heavy atom. The van der Waals surface area contributed by atoms with Gasteiger partial charge in [-0.3, -0.25) is 10.1 Å². The van der Waals surface area contributed by atoms with Gasteiger partial charge in [0, 0.05) is 49.1 Å². The summed E-state index contributed by atoms with van der Waals surface area (Å²) in [5.41, 5.74) is 0.0284. The Hall–Kier alpha value is -2.22. The third-order valence-corrected chi connectivity index (χ3v) is 4.00. The van der Waals surface area contributed by atoms with Crippen LogP contribution in [0.25, 0.3) is 0 Å². The van der Waals surface area contributed by atoms with Crippen LogP contribution in [0.4, 0.5) is 17.3 Å². The first-order valence-electron chi connectivity index (χ1n) is 6.86. The molecule has 0 aromatic carbocycles. The molecule has 1 aliphatic rings. The minimum atomic E-state index is -0.391. The van der Waals surface area contributed by atoms with Crippen molar-refractivity contribution in [2.75, 3.05) is 36.0 Å². The molecule has 1 fully saturated rings. The van der Waals surface area contributed by atoms with E-state index in [0.717, 1.165) is 18.9 Å². The summed E-state index contributed by atoms with van der Waals surface area (Å²) >= 11 is 3.23. The number of anilines is 2. The number of nitro groups is 1. The van der Waals surface area contributed by atoms with Gasteiger partial charge in [0.05, 0.1) is 4.92 Å². The van der Waals surface area contributed by atoms with Crippen molar-refractivity contribution in [3.05, 3.63) is 51.2 Å². The van der Waals surface area contributed by atoms with Crippen LogP contribution in [0.3, 0.4) is 0 Å². The fourth-order valence-corrected chi connectivity index (χ4v) is 2.81. The molecule has 2 aromatic heterocycles. The van der Waals surface area contributed by atoms with Gasteiger partial charge >= 0.3 is 5.69 Å². The summed E-state index contributed by atoms with van der Waals surface area (Å²) in [6, 6.07) is 7.30. The van der Waals surface area contributed by atoms with Crippen LogP contribution in [0.5, 0.6) is 0 Å². The largest absolute Gasteiger partial charge is 0.353 e. The number of pyridine rings is 2. The molecule has 1 aliphatic heterocycles. The molecule has 2 aromatic rings. The molecule has 8 heteroatoms. The van der Waals surface area contributed by atoms with E-state index < -0.39 is 4.92 Å². The number of rotatable bonds is 3. The monoisotopic (exact) mass is 363 g/mol. The highest BCUT2D eigenvalue weighted by atomic mass is 79.9. The molecule has 0 saturated carbocycles. The second-order valence-corrected chi connectivity index (χ2v) is 5.83. The van der Waals surface area contributed by atoms with E-state index in [2.05, 4.69) is 30.8 Å². The summed E-state index contributed by atoms with van der Waals surface area (Å²) in [6.45, 7) is 2.86. The predicted molar refractivity (Wildman–Crippen MR) is 87.3 cm³/mol. The zero-order chi connectivity index (χ0) is 15.5. The van der Waals surface area contributed by atoms with Crippen molar-refractivity contribution in [1.29, 1.82) is 0 Å². The van der Waals surface area contributed by atoms with Crippen LogP contribution in [0, 0.1) is 10.1 Å². The fraction of sp³-hybridized carbons (Fsp3) is 0.286. The fourth-order valence-electron chi connectivity index (χ4n) is 2.49. The summed E-state index contributed by atoms with van der Waals surface area (Å²) in [5.74, 6) is 1.36. The van der Waals surface area contributed by atoms with E-state index in [-0.39, 0.29) is 5.69 Å². The van der Waals surface area contributed by atoms with Crippen LogP contribution >= 0.6 is 15.9 Å². The van der Waals surface area contributed by atoms with Gasteiger partial charge in [0.15, 0.2) is 0 Å². The average Bonchev–Trinajstić information content (AvgIpc) is 2.56. The highest BCUT2D eigenvalue weighted by molar-refractivity contribution is 9.10. The third-order valence-electron chi connectivity index (χ3n) is 3.56. The maximum absolute atomic E-state index is 11.2. The van der Waals surface area contributed by atoms with Crippen molar-refractivity contribution in [1.82, 2.24) is 9.97 Å². The molecule has 0 radical (unpaired) electrons. The smallest absolute Gasteiger partial charge is 0.312 e. The molecule has 22 heavy (non-hydrogen) atoms. The van der Waals surface area contributed by atoms with Crippen molar-refractivity contribution >= 4 is 33.3 Å². The Morgan fingerprint density at radius 2 is 1.86 bits per heavy atom. The van der Waals surface area contributed by atoms with E-state index in [1.54, 1.807) is 12.4 Å². The van der Waals surface area contributed by atoms with Gasteiger partial charge in [0.1, 0.15) is 5.82 Å². The number of piperazine rings is 1. The highest BCUT2D eigenvalue weighted by Gasteiger charge is 2.25. The Labute approximate surface area is 135 Å². The van der Waals surface area contributed by atoms with E-state index in [1.807, 2.05) is 23.1 Å². The van der Waals surface area contributed by atoms with Crippen molar-refractivity contribution < 1.29 is 4.92 Å². The second kappa shape index (κ2) is 6.27. The Bertz CT molecular complexity index is 674. The molecule has 0 N–H and O–H groups in total. The molecular weight excluding hydrogens is 350 g/mol. The Balaban J connectivity index is 1.76. The molecule has 0 atom stereocenters. The van der Waals surface area contributed by atoms with Crippen LogP contribution < -0.4 is 9.80 Å². The van der Waals surface area contributed by atoms with Gasteiger partial charge < -0.3 is 9.80 Å². The first kappa shape index (κ1) is 14.7. The quantitative estimate of drug-likeness (QED) is 0.615. The topological polar surface area (TPSA) is 75.4 Å². The van der Waals surface area contributed by atoms with E-state index >= 15 is 0 Å². The molecule has 0 amide bonds. The molecule has 0 spiro atoms. The standard InChI is InChI=1S/C14H14BrN5O2/c15-11-9-12(20(21)22)14(17-10-11)19-7-5-18(6-8-19)13-3-1-2-4-16-13/h1-4,9-10H,5-8H2. The summed E-state index contributed by atoms with van der Waals surface area (Å²) in [6.07, 6.45) is 3.36. The highest BCUT2D eigenvalue weighted by Crippen LogP contribution is 2.29. The van der Waals surface area contributed by atoms with Crippen LogP contribution in [-0.2, 0) is 0 Å². The van der Waals surface area contributed by atoms with Crippen molar-refractivity contribution in [3.8, 4) is 0 Å². The Morgan fingerprint density at radius 3 is 2.50 bits per heavy atom. The van der Waals surface area contributed by atoms with Crippen molar-refractivity contribution in [3.63, 3.8) is 0 Å². The van der Waals surface area contributed by atoms with Gasteiger partial charge in [-0.15, -0.1) is 0 Å². The Kier molecular flexibility index (Phi) is 4.19. The summed E-state index contributed by atoms with van der Waals surface area (Å²) in [4.78, 5) is 23.5. The van der Waals surface area contributed by atoms with E-state index in [0.29, 0.717) is 23.4 Å². The summed E-state index contributed by atoms with van der Waals surface area (Å²) in [7, 11) is 0. The maximum Gasteiger partial charge on any atom is 0.312 e. The van der Waals surface area contributed by atoms with E-state index in [4.69, 9.17) is 0 Å². The average molecular weight is 364 g/mol. The van der Waals surface area contributed by atoms with Crippen LogP contribution in [0.15, 0.2) is 41.1 Å². The first-order chi connectivity index (χ1) is 10.6. The minimum absolute atomic E-state index is 0.0284. The maximum atomic E-state index is 11.2. The van der Waals surface area contributed by atoms with E-state index in [1.165, 1.54) is 6.07 Å². The van der Waals surface area contributed by atoms with Gasteiger partial charge in [-0.2, -0.15) is 0 Å². The molecule has 0 bridgehead atoms. The summed E-state index contributed by atoms with van der Waals surface area (Å²) in [5, 5.41) is 11.2. The molecule has 114 valence electrons. The molecule has 0 unspecified atom stereocenters. The van der Waals surface area contributed by atoms with Gasteiger partial charge in [-0.05, 0) is 28.1 Å². The first-order valence-corrected chi connectivity index (χ1v) is 7.65. The van der Waals surface area contributed by atoms with Crippen LogP contribution in [0.1, 0.15) is 0 Å². The lowest BCUT2D eigenvalue weighted by molar-refractivity contribution is -0.384. The SMILES string of the molecule is O=[N+]([O-])c1cc(Br)cnc1N1CCN(c2ccccn2)CC1. The van der Waals surface area contributed by atoms with Crippen LogP contribution in [-0.4, -0.2) is 41.1 Å². The van der Waals surface area contributed by atoms with Gasteiger partial charge in [-0.25, -0.2) is 9.97 Å². The van der Waals surface area contributed by atoms with Gasteiger partial charge in [0.2, 0.25) is 5.82 Å².